The third-order valence-electron chi connectivity index (χ3n) is 2.64. The molecule has 0 radical (unpaired) electrons. The van der Waals surface area contributed by atoms with Crippen LogP contribution in [0.4, 0.5) is 0 Å². The molecule has 0 saturated heterocycles. The molecule has 0 bridgehead atoms. The SMILES string of the molecule is CC(C)(C)OC1(C)CCC=CCCC1. The van der Waals surface area contributed by atoms with Gasteiger partial charge in [0.15, 0.2) is 0 Å². The van der Waals surface area contributed by atoms with Gasteiger partial charge in [-0.1, -0.05) is 12.2 Å². The summed E-state index contributed by atoms with van der Waals surface area (Å²) in [5.41, 5.74) is 0.0701. The smallest absolute Gasteiger partial charge is 0.0664 e. The highest BCUT2D eigenvalue weighted by molar-refractivity contribution is 4.90. The Balaban J connectivity index is 2.57. The zero-order valence-electron chi connectivity index (χ0n) is 10.1. The van der Waals surface area contributed by atoms with Gasteiger partial charge in [0.05, 0.1) is 11.2 Å². The van der Waals surface area contributed by atoms with Gasteiger partial charge in [-0.05, 0) is 59.8 Å². The summed E-state index contributed by atoms with van der Waals surface area (Å²) in [6, 6.07) is 0. The highest BCUT2D eigenvalue weighted by Crippen LogP contribution is 2.31. The molecule has 0 aromatic heterocycles. The number of ether oxygens (including phenoxy) is 1. The van der Waals surface area contributed by atoms with Crippen LogP contribution >= 0.6 is 0 Å². The largest absolute Gasteiger partial charge is 0.370 e. The monoisotopic (exact) mass is 196 g/mol. The Morgan fingerprint density at radius 1 is 1.07 bits per heavy atom. The minimum atomic E-state index is -0.0162. The van der Waals surface area contributed by atoms with E-state index in [4.69, 9.17) is 4.74 Å². The fourth-order valence-electron chi connectivity index (χ4n) is 2.18. The van der Waals surface area contributed by atoms with Crippen LogP contribution in [-0.2, 0) is 4.74 Å². The van der Waals surface area contributed by atoms with Crippen LogP contribution in [0.25, 0.3) is 0 Å². The Morgan fingerprint density at radius 2 is 1.71 bits per heavy atom. The first kappa shape index (κ1) is 11.8. The molecule has 0 aromatic rings. The summed E-state index contributed by atoms with van der Waals surface area (Å²) in [5, 5.41) is 0. The maximum absolute atomic E-state index is 6.17. The van der Waals surface area contributed by atoms with Gasteiger partial charge in [0, 0.05) is 0 Å². The van der Waals surface area contributed by atoms with E-state index < -0.39 is 0 Å². The van der Waals surface area contributed by atoms with Crippen LogP contribution in [0.1, 0.15) is 59.8 Å². The summed E-state index contributed by atoms with van der Waals surface area (Å²) in [5.74, 6) is 0. The van der Waals surface area contributed by atoms with Crippen molar-refractivity contribution in [1.82, 2.24) is 0 Å². The van der Waals surface area contributed by atoms with Crippen molar-refractivity contribution in [3.63, 3.8) is 0 Å². The lowest BCUT2D eigenvalue weighted by molar-refractivity contribution is -0.130. The summed E-state index contributed by atoms with van der Waals surface area (Å²) >= 11 is 0. The molecular formula is C13H24O. The van der Waals surface area contributed by atoms with E-state index >= 15 is 0 Å². The first-order valence-electron chi connectivity index (χ1n) is 5.77. The molecule has 0 spiro atoms. The van der Waals surface area contributed by atoms with Crippen LogP contribution in [0.15, 0.2) is 12.2 Å². The molecule has 0 N–H and O–H groups in total. The van der Waals surface area contributed by atoms with E-state index in [0.29, 0.717) is 0 Å². The lowest BCUT2D eigenvalue weighted by atomic mass is 9.90. The average Bonchev–Trinajstić information content (AvgIpc) is 1.95. The molecule has 0 saturated carbocycles. The Kier molecular flexibility index (Phi) is 3.77. The second-order valence-corrected chi connectivity index (χ2v) is 5.57. The number of hydrogen-bond acceptors (Lipinski definition) is 1. The van der Waals surface area contributed by atoms with Gasteiger partial charge in [0.2, 0.25) is 0 Å². The number of allylic oxidation sites excluding steroid dienone is 2. The first-order chi connectivity index (χ1) is 6.41. The maximum atomic E-state index is 6.17. The molecule has 0 aromatic carbocycles. The zero-order valence-corrected chi connectivity index (χ0v) is 10.1. The lowest BCUT2D eigenvalue weighted by Crippen LogP contribution is -2.37. The molecule has 1 aliphatic rings. The molecule has 1 unspecified atom stereocenters. The molecule has 82 valence electrons. The van der Waals surface area contributed by atoms with Gasteiger partial charge in [-0.15, -0.1) is 0 Å². The molecule has 1 nitrogen and oxygen atoms in total. The van der Waals surface area contributed by atoms with Crippen LogP contribution in [0.2, 0.25) is 0 Å². The Hall–Kier alpha value is -0.300. The van der Waals surface area contributed by atoms with Crippen molar-refractivity contribution in [3.8, 4) is 0 Å². The van der Waals surface area contributed by atoms with Gasteiger partial charge in [0.1, 0.15) is 0 Å². The molecule has 1 aliphatic carbocycles. The van der Waals surface area contributed by atoms with Crippen molar-refractivity contribution in [2.24, 2.45) is 0 Å². The quantitative estimate of drug-likeness (QED) is 0.574. The van der Waals surface area contributed by atoms with Crippen molar-refractivity contribution in [1.29, 1.82) is 0 Å². The summed E-state index contributed by atoms with van der Waals surface area (Å²) < 4.78 is 6.17. The van der Waals surface area contributed by atoms with E-state index in [0.717, 1.165) is 12.8 Å². The summed E-state index contributed by atoms with van der Waals surface area (Å²) in [4.78, 5) is 0. The van der Waals surface area contributed by atoms with Gasteiger partial charge in [-0.25, -0.2) is 0 Å². The van der Waals surface area contributed by atoms with Crippen LogP contribution < -0.4 is 0 Å². The van der Waals surface area contributed by atoms with Gasteiger partial charge >= 0.3 is 0 Å². The van der Waals surface area contributed by atoms with Crippen molar-refractivity contribution >= 4 is 0 Å². The van der Waals surface area contributed by atoms with Gasteiger partial charge in [0.25, 0.3) is 0 Å². The topological polar surface area (TPSA) is 9.23 Å². The fraction of sp³-hybridized carbons (Fsp3) is 0.846. The Bertz CT molecular complexity index is 200. The van der Waals surface area contributed by atoms with Crippen molar-refractivity contribution in [3.05, 3.63) is 12.2 Å². The standard InChI is InChI=1S/C13H24O/c1-12(2,3)14-13(4)10-8-6-5-7-9-11-13/h5-6H,7-11H2,1-4H3. The van der Waals surface area contributed by atoms with Crippen molar-refractivity contribution in [2.45, 2.75) is 71.0 Å². The van der Waals surface area contributed by atoms with E-state index in [1.165, 1.54) is 19.3 Å². The van der Waals surface area contributed by atoms with Gasteiger partial charge in [-0.2, -0.15) is 0 Å². The van der Waals surface area contributed by atoms with E-state index in [1.54, 1.807) is 0 Å². The normalized spacial score (nSPS) is 29.7. The summed E-state index contributed by atoms with van der Waals surface area (Å²) in [7, 11) is 0. The van der Waals surface area contributed by atoms with Gasteiger partial charge in [-0.3, -0.25) is 0 Å². The third-order valence-corrected chi connectivity index (χ3v) is 2.64. The molecule has 0 fully saturated rings. The molecule has 1 atom stereocenters. The third kappa shape index (κ3) is 4.28. The molecule has 1 heteroatoms. The van der Waals surface area contributed by atoms with Crippen LogP contribution in [0.3, 0.4) is 0 Å². The highest BCUT2D eigenvalue weighted by Gasteiger charge is 2.29. The van der Waals surface area contributed by atoms with Gasteiger partial charge < -0.3 is 4.74 Å². The number of hydrogen-bond donors (Lipinski definition) is 0. The van der Waals surface area contributed by atoms with Crippen LogP contribution in [0, 0.1) is 0 Å². The van der Waals surface area contributed by atoms with E-state index in [-0.39, 0.29) is 11.2 Å². The molecular weight excluding hydrogens is 172 g/mol. The molecule has 0 amide bonds. The van der Waals surface area contributed by atoms with E-state index in [2.05, 4.69) is 39.8 Å². The minimum absolute atomic E-state index is 0.0162. The van der Waals surface area contributed by atoms with Crippen molar-refractivity contribution in [2.75, 3.05) is 0 Å². The number of rotatable bonds is 1. The Morgan fingerprint density at radius 3 is 2.36 bits per heavy atom. The average molecular weight is 196 g/mol. The summed E-state index contributed by atoms with van der Waals surface area (Å²) in [6.45, 7) is 8.70. The van der Waals surface area contributed by atoms with Crippen LogP contribution in [-0.4, -0.2) is 11.2 Å². The highest BCUT2D eigenvalue weighted by atomic mass is 16.5. The summed E-state index contributed by atoms with van der Waals surface area (Å²) in [6.07, 6.45) is 10.6. The second-order valence-electron chi connectivity index (χ2n) is 5.57. The predicted molar refractivity (Wildman–Crippen MR) is 61.5 cm³/mol. The van der Waals surface area contributed by atoms with E-state index in [1.807, 2.05) is 0 Å². The van der Waals surface area contributed by atoms with Crippen molar-refractivity contribution < 1.29 is 4.74 Å². The molecule has 1 rings (SSSR count). The second kappa shape index (κ2) is 4.48. The lowest BCUT2D eigenvalue weighted by Gasteiger charge is -2.37. The minimum Gasteiger partial charge on any atom is -0.370 e. The fourth-order valence-corrected chi connectivity index (χ4v) is 2.18. The van der Waals surface area contributed by atoms with E-state index in [9.17, 15) is 0 Å². The zero-order chi connectivity index (χ0) is 10.7. The molecule has 0 aliphatic heterocycles. The Labute approximate surface area is 88.5 Å². The first-order valence-corrected chi connectivity index (χ1v) is 5.77. The van der Waals surface area contributed by atoms with Crippen LogP contribution in [0.5, 0.6) is 0 Å². The maximum Gasteiger partial charge on any atom is 0.0664 e. The molecule has 14 heavy (non-hydrogen) atoms. The predicted octanol–water partition coefficient (Wildman–Crippen LogP) is 4.08. The molecule has 0 heterocycles.